The van der Waals surface area contributed by atoms with E-state index in [1.807, 2.05) is 6.92 Å². The van der Waals surface area contributed by atoms with Crippen LogP contribution in [0, 0.1) is 0 Å². The van der Waals surface area contributed by atoms with Crippen LogP contribution in [0.4, 0.5) is 0 Å². The molecule has 2 unspecified atom stereocenters. The first kappa shape index (κ1) is 20.9. The SMILES string of the molecule is CCCCCCCCCC(O)CCCCCCCC(C)O. The number of unbranched alkanes of at least 4 members (excludes halogenated alkanes) is 10. The van der Waals surface area contributed by atoms with Gasteiger partial charge < -0.3 is 10.2 Å². The number of aliphatic hydroxyl groups excluding tert-OH is 2. The van der Waals surface area contributed by atoms with E-state index in [4.69, 9.17) is 5.11 Å². The summed E-state index contributed by atoms with van der Waals surface area (Å²) in [6.07, 6.45) is 18.0. The van der Waals surface area contributed by atoms with Crippen LogP contribution in [0.25, 0.3) is 0 Å². The van der Waals surface area contributed by atoms with Gasteiger partial charge in [0.1, 0.15) is 0 Å². The summed E-state index contributed by atoms with van der Waals surface area (Å²) in [5.74, 6) is 0. The Morgan fingerprint density at radius 3 is 1.38 bits per heavy atom. The normalized spacial score (nSPS) is 14.3. The molecule has 0 aromatic heterocycles. The molecule has 128 valence electrons. The van der Waals surface area contributed by atoms with E-state index in [1.54, 1.807) is 0 Å². The van der Waals surface area contributed by atoms with Crippen molar-refractivity contribution in [2.45, 2.75) is 122 Å². The van der Waals surface area contributed by atoms with Gasteiger partial charge in [0.05, 0.1) is 12.2 Å². The first-order valence-corrected chi connectivity index (χ1v) is 9.53. The number of hydrogen-bond donors (Lipinski definition) is 2. The average molecular weight is 301 g/mol. The van der Waals surface area contributed by atoms with Gasteiger partial charge in [0.25, 0.3) is 0 Å². The second-order valence-corrected chi connectivity index (χ2v) is 6.76. The molecule has 2 N–H and O–H groups in total. The lowest BCUT2D eigenvalue weighted by Crippen LogP contribution is -2.06. The lowest BCUT2D eigenvalue weighted by Gasteiger charge is -2.10. The summed E-state index contributed by atoms with van der Waals surface area (Å²) in [5, 5.41) is 19.1. The molecule has 0 aliphatic carbocycles. The van der Waals surface area contributed by atoms with Crippen molar-refractivity contribution in [1.82, 2.24) is 0 Å². The fourth-order valence-corrected chi connectivity index (χ4v) is 2.83. The van der Waals surface area contributed by atoms with E-state index in [0.717, 1.165) is 32.1 Å². The quantitative estimate of drug-likeness (QED) is 0.364. The van der Waals surface area contributed by atoms with Gasteiger partial charge in [-0.05, 0) is 26.2 Å². The van der Waals surface area contributed by atoms with Crippen molar-refractivity contribution in [2.75, 3.05) is 0 Å². The fourth-order valence-electron chi connectivity index (χ4n) is 2.83. The second-order valence-electron chi connectivity index (χ2n) is 6.76. The van der Waals surface area contributed by atoms with Crippen LogP contribution in [0.15, 0.2) is 0 Å². The van der Waals surface area contributed by atoms with Crippen LogP contribution >= 0.6 is 0 Å². The molecule has 0 aliphatic rings. The third kappa shape index (κ3) is 17.9. The molecule has 0 heterocycles. The third-order valence-electron chi connectivity index (χ3n) is 4.30. The molecular formula is C19H40O2. The Labute approximate surface area is 133 Å². The van der Waals surface area contributed by atoms with E-state index < -0.39 is 0 Å². The van der Waals surface area contributed by atoms with Gasteiger partial charge in [-0.1, -0.05) is 84.0 Å². The number of hydrogen-bond acceptors (Lipinski definition) is 2. The van der Waals surface area contributed by atoms with Crippen LogP contribution in [-0.4, -0.2) is 22.4 Å². The number of aliphatic hydroxyl groups is 2. The maximum absolute atomic E-state index is 9.93. The molecule has 0 aliphatic heterocycles. The van der Waals surface area contributed by atoms with Crippen molar-refractivity contribution in [3.8, 4) is 0 Å². The lowest BCUT2D eigenvalue weighted by atomic mass is 10.0. The molecule has 21 heavy (non-hydrogen) atoms. The van der Waals surface area contributed by atoms with Crippen molar-refractivity contribution in [2.24, 2.45) is 0 Å². The van der Waals surface area contributed by atoms with Gasteiger partial charge in [0.15, 0.2) is 0 Å². The molecule has 0 rings (SSSR count). The largest absolute Gasteiger partial charge is 0.393 e. The van der Waals surface area contributed by atoms with E-state index >= 15 is 0 Å². The van der Waals surface area contributed by atoms with Crippen molar-refractivity contribution in [3.05, 3.63) is 0 Å². The molecule has 0 amide bonds. The van der Waals surface area contributed by atoms with Gasteiger partial charge in [-0.25, -0.2) is 0 Å². The molecule has 0 aromatic carbocycles. The maximum atomic E-state index is 9.93. The molecule has 0 bridgehead atoms. The van der Waals surface area contributed by atoms with E-state index in [0.29, 0.717) is 0 Å². The minimum Gasteiger partial charge on any atom is -0.393 e. The molecule has 2 atom stereocenters. The summed E-state index contributed by atoms with van der Waals surface area (Å²) in [6, 6.07) is 0. The molecule has 0 saturated carbocycles. The summed E-state index contributed by atoms with van der Waals surface area (Å²) < 4.78 is 0. The van der Waals surface area contributed by atoms with Crippen LogP contribution in [0.3, 0.4) is 0 Å². The zero-order chi connectivity index (χ0) is 15.8. The summed E-state index contributed by atoms with van der Waals surface area (Å²) in [4.78, 5) is 0. The van der Waals surface area contributed by atoms with Gasteiger partial charge in [0.2, 0.25) is 0 Å². The van der Waals surface area contributed by atoms with Gasteiger partial charge in [-0.2, -0.15) is 0 Å². The predicted molar refractivity (Wildman–Crippen MR) is 92.6 cm³/mol. The Morgan fingerprint density at radius 1 is 0.571 bits per heavy atom. The molecular weight excluding hydrogens is 260 g/mol. The minimum atomic E-state index is -0.145. The topological polar surface area (TPSA) is 40.5 Å². The standard InChI is InChI=1S/C19H40O2/c1-3-4-5-6-7-10-13-16-19(21)17-14-11-8-9-12-15-18(2)20/h18-21H,3-17H2,1-2H3. The van der Waals surface area contributed by atoms with Crippen molar-refractivity contribution in [1.29, 1.82) is 0 Å². The van der Waals surface area contributed by atoms with Crippen molar-refractivity contribution in [3.63, 3.8) is 0 Å². The Balaban J connectivity index is 3.14. The Kier molecular flexibility index (Phi) is 16.2. The zero-order valence-corrected chi connectivity index (χ0v) is 14.7. The highest BCUT2D eigenvalue weighted by molar-refractivity contribution is 4.58. The third-order valence-corrected chi connectivity index (χ3v) is 4.30. The molecule has 0 fully saturated rings. The molecule has 0 radical (unpaired) electrons. The molecule has 0 spiro atoms. The highest BCUT2D eigenvalue weighted by atomic mass is 16.3. The Bertz CT molecular complexity index is 192. The summed E-state index contributed by atoms with van der Waals surface area (Å²) in [7, 11) is 0. The molecule has 2 nitrogen and oxygen atoms in total. The highest BCUT2D eigenvalue weighted by Gasteiger charge is 2.03. The lowest BCUT2D eigenvalue weighted by molar-refractivity contribution is 0.147. The van der Waals surface area contributed by atoms with E-state index in [1.165, 1.54) is 64.2 Å². The number of rotatable bonds is 16. The zero-order valence-electron chi connectivity index (χ0n) is 14.7. The van der Waals surface area contributed by atoms with Gasteiger partial charge >= 0.3 is 0 Å². The first-order chi connectivity index (χ1) is 10.2. The molecule has 0 aromatic rings. The van der Waals surface area contributed by atoms with Crippen LogP contribution in [0.2, 0.25) is 0 Å². The maximum Gasteiger partial charge on any atom is 0.0540 e. The minimum absolute atomic E-state index is 0.0712. The highest BCUT2D eigenvalue weighted by Crippen LogP contribution is 2.14. The Hall–Kier alpha value is -0.0800. The summed E-state index contributed by atoms with van der Waals surface area (Å²) >= 11 is 0. The Morgan fingerprint density at radius 2 is 0.952 bits per heavy atom. The van der Waals surface area contributed by atoms with Gasteiger partial charge in [0, 0.05) is 0 Å². The smallest absolute Gasteiger partial charge is 0.0540 e. The average Bonchev–Trinajstić information content (AvgIpc) is 2.45. The monoisotopic (exact) mass is 300 g/mol. The molecule has 2 heteroatoms. The van der Waals surface area contributed by atoms with Crippen LogP contribution in [0.5, 0.6) is 0 Å². The molecule has 0 saturated heterocycles. The van der Waals surface area contributed by atoms with Crippen molar-refractivity contribution < 1.29 is 10.2 Å². The second kappa shape index (κ2) is 16.3. The van der Waals surface area contributed by atoms with Crippen LogP contribution < -0.4 is 0 Å². The fraction of sp³-hybridized carbons (Fsp3) is 1.00. The first-order valence-electron chi connectivity index (χ1n) is 9.53. The van der Waals surface area contributed by atoms with E-state index in [9.17, 15) is 5.11 Å². The van der Waals surface area contributed by atoms with Gasteiger partial charge in [-0.3, -0.25) is 0 Å². The van der Waals surface area contributed by atoms with Crippen LogP contribution in [0.1, 0.15) is 110 Å². The summed E-state index contributed by atoms with van der Waals surface area (Å²) in [6.45, 7) is 4.11. The van der Waals surface area contributed by atoms with Gasteiger partial charge in [-0.15, -0.1) is 0 Å². The van der Waals surface area contributed by atoms with E-state index in [-0.39, 0.29) is 12.2 Å². The summed E-state index contributed by atoms with van der Waals surface area (Å²) in [5.41, 5.74) is 0. The van der Waals surface area contributed by atoms with E-state index in [2.05, 4.69) is 6.92 Å². The van der Waals surface area contributed by atoms with Crippen molar-refractivity contribution >= 4 is 0 Å². The van der Waals surface area contributed by atoms with Crippen LogP contribution in [-0.2, 0) is 0 Å². The predicted octanol–water partition coefficient (Wildman–Crippen LogP) is 5.60.